The molecule has 0 aromatic heterocycles. The Bertz CT molecular complexity index is 367. The van der Waals surface area contributed by atoms with Crippen LogP contribution in [0, 0.1) is 0 Å². The van der Waals surface area contributed by atoms with Crippen molar-refractivity contribution in [2.45, 2.75) is 37.8 Å². The smallest absolute Gasteiger partial charge is 0.0785 e. The van der Waals surface area contributed by atoms with E-state index in [1.807, 2.05) is 0 Å². The molecule has 0 saturated heterocycles. The van der Waals surface area contributed by atoms with E-state index in [-0.39, 0.29) is 6.10 Å². The summed E-state index contributed by atoms with van der Waals surface area (Å²) >= 11 is 0. The zero-order valence-electron chi connectivity index (χ0n) is 11.1. The second-order valence-corrected chi connectivity index (χ2v) is 5.06. The Labute approximate surface area is 109 Å². The number of ether oxygens (including phenoxy) is 1. The van der Waals surface area contributed by atoms with Crippen molar-refractivity contribution in [3.05, 3.63) is 35.4 Å². The SMILES string of the molecule is COCC(O)CCNC1CCc2ccccc2C1. The van der Waals surface area contributed by atoms with Crippen LogP contribution in [0.25, 0.3) is 0 Å². The number of aliphatic hydroxyl groups excluding tert-OH is 1. The highest BCUT2D eigenvalue weighted by Crippen LogP contribution is 2.20. The number of methoxy groups -OCH3 is 1. The zero-order chi connectivity index (χ0) is 12.8. The maximum Gasteiger partial charge on any atom is 0.0785 e. The molecule has 1 aromatic rings. The Morgan fingerprint density at radius 2 is 2.17 bits per heavy atom. The molecule has 0 bridgehead atoms. The van der Waals surface area contributed by atoms with Gasteiger partial charge in [-0.3, -0.25) is 0 Å². The number of aryl methyl sites for hydroxylation is 1. The van der Waals surface area contributed by atoms with Crippen molar-refractivity contribution in [3.63, 3.8) is 0 Å². The third-order valence-corrected chi connectivity index (χ3v) is 3.62. The number of benzene rings is 1. The van der Waals surface area contributed by atoms with Crippen molar-refractivity contribution in [1.82, 2.24) is 5.32 Å². The third kappa shape index (κ3) is 3.80. The normalized spacial score (nSPS) is 20.4. The predicted molar refractivity (Wildman–Crippen MR) is 72.8 cm³/mol. The molecule has 1 aliphatic carbocycles. The van der Waals surface area contributed by atoms with Gasteiger partial charge >= 0.3 is 0 Å². The second kappa shape index (κ2) is 6.88. The lowest BCUT2D eigenvalue weighted by Gasteiger charge is -2.26. The van der Waals surface area contributed by atoms with Crippen molar-refractivity contribution in [1.29, 1.82) is 0 Å². The maximum absolute atomic E-state index is 9.57. The molecule has 1 aromatic carbocycles. The molecule has 18 heavy (non-hydrogen) atoms. The van der Waals surface area contributed by atoms with Gasteiger partial charge < -0.3 is 15.2 Å². The van der Waals surface area contributed by atoms with E-state index in [1.165, 1.54) is 17.5 Å². The van der Waals surface area contributed by atoms with E-state index in [2.05, 4.69) is 29.6 Å². The molecule has 2 atom stereocenters. The zero-order valence-corrected chi connectivity index (χ0v) is 11.1. The van der Waals surface area contributed by atoms with Crippen LogP contribution < -0.4 is 5.32 Å². The first-order chi connectivity index (χ1) is 8.79. The lowest BCUT2D eigenvalue weighted by Crippen LogP contribution is -2.36. The molecule has 0 saturated carbocycles. The molecule has 3 heteroatoms. The number of hydrogen-bond acceptors (Lipinski definition) is 3. The van der Waals surface area contributed by atoms with E-state index in [1.54, 1.807) is 7.11 Å². The van der Waals surface area contributed by atoms with Gasteiger partial charge in [-0.15, -0.1) is 0 Å². The summed E-state index contributed by atoms with van der Waals surface area (Å²) in [6.07, 6.45) is 3.87. The third-order valence-electron chi connectivity index (χ3n) is 3.62. The van der Waals surface area contributed by atoms with Gasteiger partial charge in [0.25, 0.3) is 0 Å². The number of aliphatic hydroxyl groups is 1. The maximum atomic E-state index is 9.57. The van der Waals surface area contributed by atoms with Gasteiger partial charge in [-0.2, -0.15) is 0 Å². The first-order valence-electron chi connectivity index (χ1n) is 6.76. The molecule has 0 spiro atoms. The number of fused-ring (bicyclic) bond motifs is 1. The summed E-state index contributed by atoms with van der Waals surface area (Å²) < 4.78 is 4.91. The lowest BCUT2D eigenvalue weighted by molar-refractivity contribution is 0.0589. The Kier molecular flexibility index (Phi) is 5.17. The van der Waals surface area contributed by atoms with Gasteiger partial charge in [0.2, 0.25) is 0 Å². The minimum absolute atomic E-state index is 0.349. The monoisotopic (exact) mass is 249 g/mol. The molecule has 0 fully saturated rings. The summed E-state index contributed by atoms with van der Waals surface area (Å²) in [5.41, 5.74) is 2.97. The molecule has 2 N–H and O–H groups in total. The molecule has 3 nitrogen and oxygen atoms in total. The van der Waals surface area contributed by atoms with Crippen molar-refractivity contribution >= 4 is 0 Å². The summed E-state index contributed by atoms with van der Waals surface area (Å²) in [7, 11) is 1.62. The fourth-order valence-electron chi connectivity index (χ4n) is 2.60. The summed E-state index contributed by atoms with van der Waals surface area (Å²) in [5.74, 6) is 0. The van der Waals surface area contributed by atoms with E-state index in [4.69, 9.17) is 4.74 Å². The van der Waals surface area contributed by atoms with Crippen molar-refractivity contribution < 1.29 is 9.84 Å². The fourth-order valence-corrected chi connectivity index (χ4v) is 2.60. The second-order valence-electron chi connectivity index (χ2n) is 5.06. The van der Waals surface area contributed by atoms with E-state index in [0.29, 0.717) is 12.6 Å². The van der Waals surface area contributed by atoms with Crippen LogP contribution in [0.1, 0.15) is 24.0 Å². The van der Waals surface area contributed by atoms with Crippen LogP contribution in [0.3, 0.4) is 0 Å². The summed E-state index contributed by atoms with van der Waals surface area (Å²) in [6, 6.07) is 9.24. The Balaban J connectivity index is 1.73. The highest BCUT2D eigenvalue weighted by molar-refractivity contribution is 5.30. The minimum atomic E-state index is -0.349. The van der Waals surface area contributed by atoms with Gasteiger partial charge in [-0.25, -0.2) is 0 Å². The summed E-state index contributed by atoms with van der Waals surface area (Å²) in [5, 5.41) is 13.1. The fraction of sp³-hybridized carbons (Fsp3) is 0.600. The van der Waals surface area contributed by atoms with Gasteiger partial charge in [0.15, 0.2) is 0 Å². The Morgan fingerprint density at radius 1 is 1.39 bits per heavy atom. The molecule has 0 aliphatic heterocycles. The number of nitrogens with one attached hydrogen (secondary N) is 1. The minimum Gasteiger partial charge on any atom is -0.391 e. The molecule has 100 valence electrons. The van der Waals surface area contributed by atoms with Crippen LogP contribution in [-0.2, 0) is 17.6 Å². The molecule has 2 rings (SSSR count). The highest BCUT2D eigenvalue weighted by Gasteiger charge is 2.17. The lowest BCUT2D eigenvalue weighted by atomic mass is 9.88. The average Bonchev–Trinajstić information content (AvgIpc) is 2.39. The number of hydrogen-bond donors (Lipinski definition) is 2. The quantitative estimate of drug-likeness (QED) is 0.803. The topological polar surface area (TPSA) is 41.5 Å². The summed E-state index contributed by atoms with van der Waals surface area (Å²) in [4.78, 5) is 0. The molecular formula is C15H23NO2. The molecule has 1 aliphatic rings. The molecule has 0 heterocycles. The van der Waals surface area contributed by atoms with Gasteiger partial charge in [0, 0.05) is 13.2 Å². The first kappa shape index (κ1) is 13.5. The van der Waals surface area contributed by atoms with Gasteiger partial charge in [-0.05, 0) is 43.4 Å². The van der Waals surface area contributed by atoms with E-state index < -0.39 is 0 Å². The van der Waals surface area contributed by atoms with Crippen LogP contribution in [0.4, 0.5) is 0 Å². The van der Waals surface area contributed by atoms with Gasteiger partial charge in [0.1, 0.15) is 0 Å². The number of rotatable bonds is 6. The van der Waals surface area contributed by atoms with E-state index >= 15 is 0 Å². The Hall–Kier alpha value is -0.900. The largest absolute Gasteiger partial charge is 0.391 e. The molecule has 2 unspecified atom stereocenters. The molecule has 0 amide bonds. The van der Waals surface area contributed by atoms with E-state index in [9.17, 15) is 5.11 Å². The van der Waals surface area contributed by atoms with Gasteiger partial charge in [0.05, 0.1) is 12.7 Å². The molecule has 0 radical (unpaired) electrons. The van der Waals surface area contributed by atoms with E-state index in [0.717, 1.165) is 25.8 Å². The first-order valence-corrected chi connectivity index (χ1v) is 6.76. The van der Waals surface area contributed by atoms with Crippen molar-refractivity contribution in [3.8, 4) is 0 Å². The van der Waals surface area contributed by atoms with Crippen LogP contribution in [-0.4, -0.2) is 37.5 Å². The highest BCUT2D eigenvalue weighted by atomic mass is 16.5. The average molecular weight is 249 g/mol. The van der Waals surface area contributed by atoms with Crippen molar-refractivity contribution in [2.24, 2.45) is 0 Å². The van der Waals surface area contributed by atoms with Gasteiger partial charge in [-0.1, -0.05) is 24.3 Å². The standard InChI is InChI=1S/C15H23NO2/c1-18-11-15(17)8-9-16-14-7-6-12-4-2-3-5-13(12)10-14/h2-5,14-17H,6-11H2,1H3. The summed E-state index contributed by atoms with van der Waals surface area (Å²) in [6.45, 7) is 1.28. The van der Waals surface area contributed by atoms with Crippen molar-refractivity contribution in [2.75, 3.05) is 20.3 Å². The predicted octanol–water partition coefficient (Wildman–Crippen LogP) is 1.53. The van der Waals surface area contributed by atoms with Crippen LogP contribution in [0.5, 0.6) is 0 Å². The van der Waals surface area contributed by atoms with Crippen LogP contribution in [0.2, 0.25) is 0 Å². The van der Waals surface area contributed by atoms with Crippen LogP contribution in [0.15, 0.2) is 24.3 Å². The molecular weight excluding hydrogens is 226 g/mol. The van der Waals surface area contributed by atoms with Crippen LogP contribution >= 0.6 is 0 Å². The Morgan fingerprint density at radius 3 is 2.94 bits per heavy atom.